The predicted molar refractivity (Wildman–Crippen MR) is 212 cm³/mol. The minimum Gasteiger partial charge on any atom is -0.0619 e. The Bertz CT molecular complexity index is 2570. The highest BCUT2D eigenvalue weighted by Crippen LogP contribution is 2.72. The molecule has 0 atom stereocenters. The van der Waals surface area contributed by atoms with Gasteiger partial charge in [-0.15, -0.1) is 0 Å². The third-order valence-electron chi connectivity index (χ3n) is 12.2. The summed E-state index contributed by atoms with van der Waals surface area (Å²) in [6, 6.07) is 60.0. The lowest BCUT2D eigenvalue weighted by Gasteiger charge is -2.38. The van der Waals surface area contributed by atoms with Gasteiger partial charge in [0, 0.05) is 8.95 Å². The standard InChI is InChI=1S/C48H26Br2/c49-27-21-23-35-41(25-27)47(37-17-7-3-11-29(37)30-12-4-8-18-38(30)47)45-43(35)33-15-1-2-16-34(33)44-36-24-22-28(50)26-42(36)48(46(44)45)39-19-9-5-13-31(39)32-14-6-10-20-40(32)48/h1-26H. The van der Waals surface area contributed by atoms with Gasteiger partial charge in [-0.1, -0.05) is 165 Å². The summed E-state index contributed by atoms with van der Waals surface area (Å²) < 4.78 is 2.20. The summed E-state index contributed by atoms with van der Waals surface area (Å²) in [4.78, 5) is 0. The second kappa shape index (κ2) is 9.40. The van der Waals surface area contributed by atoms with Crippen molar-refractivity contribution in [3.63, 3.8) is 0 Å². The summed E-state index contributed by atoms with van der Waals surface area (Å²) in [5.74, 6) is 0. The van der Waals surface area contributed by atoms with Crippen molar-refractivity contribution < 1.29 is 0 Å². The van der Waals surface area contributed by atoms with Gasteiger partial charge in [0.05, 0.1) is 10.8 Å². The van der Waals surface area contributed by atoms with Crippen LogP contribution < -0.4 is 0 Å². The van der Waals surface area contributed by atoms with E-state index in [9.17, 15) is 0 Å². The summed E-state index contributed by atoms with van der Waals surface area (Å²) in [5.41, 5.74) is 20.6. The number of hydrogen-bond donors (Lipinski definition) is 0. The third-order valence-corrected chi connectivity index (χ3v) is 13.2. The van der Waals surface area contributed by atoms with E-state index in [2.05, 4.69) is 190 Å². The summed E-state index contributed by atoms with van der Waals surface area (Å²) in [7, 11) is 0. The first kappa shape index (κ1) is 27.8. The molecule has 4 aliphatic carbocycles. The van der Waals surface area contributed by atoms with Gasteiger partial charge in [0.15, 0.2) is 0 Å². The van der Waals surface area contributed by atoms with E-state index in [1.54, 1.807) is 0 Å². The van der Waals surface area contributed by atoms with Gasteiger partial charge in [-0.3, -0.25) is 0 Å². The minimum absolute atomic E-state index is 0.519. The maximum absolute atomic E-state index is 3.96. The van der Waals surface area contributed by atoms with Gasteiger partial charge in [-0.2, -0.15) is 0 Å². The first-order chi connectivity index (χ1) is 24.6. The van der Waals surface area contributed by atoms with E-state index in [4.69, 9.17) is 0 Å². The molecule has 50 heavy (non-hydrogen) atoms. The molecule has 2 heteroatoms. The van der Waals surface area contributed by atoms with E-state index in [1.807, 2.05) is 0 Å². The van der Waals surface area contributed by atoms with Crippen molar-refractivity contribution in [1.29, 1.82) is 0 Å². The van der Waals surface area contributed by atoms with Crippen LogP contribution in [0.1, 0.15) is 44.5 Å². The largest absolute Gasteiger partial charge is 0.0729 e. The maximum atomic E-state index is 3.96. The number of benzene rings is 8. The van der Waals surface area contributed by atoms with Gasteiger partial charge >= 0.3 is 0 Å². The van der Waals surface area contributed by atoms with Gasteiger partial charge in [-0.05, 0) is 124 Å². The first-order valence-corrected chi connectivity index (χ1v) is 18.8. The van der Waals surface area contributed by atoms with E-state index in [1.165, 1.54) is 99.8 Å². The summed E-state index contributed by atoms with van der Waals surface area (Å²) >= 11 is 7.92. The van der Waals surface area contributed by atoms with Gasteiger partial charge in [0.2, 0.25) is 0 Å². The summed E-state index contributed by atoms with van der Waals surface area (Å²) in [6.07, 6.45) is 0. The molecule has 12 rings (SSSR count). The molecular formula is C48H26Br2. The van der Waals surface area contributed by atoms with Crippen LogP contribution in [-0.2, 0) is 10.8 Å². The van der Waals surface area contributed by atoms with Crippen molar-refractivity contribution in [2.45, 2.75) is 10.8 Å². The second-order valence-corrected chi connectivity index (χ2v) is 15.9. The van der Waals surface area contributed by atoms with Crippen LogP contribution in [0.4, 0.5) is 0 Å². The topological polar surface area (TPSA) is 0 Å². The van der Waals surface area contributed by atoms with Crippen LogP contribution in [0, 0.1) is 0 Å². The normalized spacial score (nSPS) is 15.3. The van der Waals surface area contributed by atoms with Crippen molar-refractivity contribution in [3.8, 4) is 44.5 Å². The molecule has 0 heterocycles. The fraction of sp³-hybridized carbons (Fsp3) is 0.0417. The van der Waals surface area contributed by atoms with Gasteiger partial charge in [0.1, 0.15) is 0 Å². The highest BCUT2D eigenvalue weighted by atomic mass is 79.9. The average Bonchev–Trinajstić information content (AvgIpc) is 3.83. The Morgan fingerprint density at radius 1 is 0.300 bits per heavy atom. The highest BCUT2D eigenvalue weighted by molar-refractivity contribution is 9.10. The summed E-state index contributed by atoms with van der Waals surface area (Å²) in [5, 5.41) is 2.63. The lowest BCUT2D eigenvalue weighted by atomic mass is 9.62. The molecule has 0 nitrogen and oxygen atoms in total. The maximum Gasteiger partial charge on any atom is 0.0729 e. The molecule has 0 fully saturated rings. The fourth-order valence-corrected chi connectivity index (χ4v) is 11.4. The molecule has 0 saturated carbocycles. The molecule has 0 unspecified atom stereocenters. The molecule has 2 spiro atoms. The van der Waals surface area contributed by atoms with Crippen molar-refractivity contribution in [3.05, 3.63) is 211 Å². The Hall–Kier alpha value is -5.02. The van der Waals surface area contributed by atoms with Crippen LogP contribution in [-0.4, -0.2) is 0 Å². The molecule has 8 aromatic rings. The monoisotopic (exact) mass is 760 g/mol. The molecule has 0 aliphatic heterocycles. The lowest BCUT2D eigenvalue weighted by Crippen LogP contribution is -2.33. The summed E-state index contributed by atoms with van der Waals surface area (Å²) in [6.45, 7) is 0. The van der Waals surface area contributed by atoms with E-state index in [-0.39, 0.29) is 0 Å². The lowest BCUT2D eigenvalue weighted by molar-refractivity contribution is 0.727. The number of fused-ring (bicyclic) bond motifs is 24. The quantitative estimate of drug-likeness (QED) is 0.144. The number of halogens is 2. The Balaban J connectivity index is 1.42. The smallest absolute Gasteiger partial charge is 0.0619 e. The molecule has 232 valence electrons. The molecular weight excluding hydrogens is 736 g/mol. The molecule has 0 N–H and O–H groups in total. The van der Waals surface area contributed by atoms with Crippen LogP contribution in [0.15, 0.2) is 167 Å². The van der Waals surface area contributed by atoms with Crippen molar-refractivity contribution in [2.75, 3.05) is 0 Å². The molecule has 0 amide bonds. The Labute approximate surface area is 307 Å². The minimum atomic E-state index is -0.519. The Kier molecular flexibility index (Phi) is 5.22. The number of hydrogen-bond acceptors (Lipinski definition) is 0. The third kappa shape index (κ3) is 2.96. The van der Waals surface area contributed by atoms with Crippen LogP contribution in [0.5, 0.6) is 0 Å². The molecule has 0 aromatic heterocycles. The Morgan fingerprint density at radius 3 is 0.980 bits per heavy atom. The zero-order chi connectivity index (χ0) is 32.9. The van der Waals surface area contributed by atoms with Crippen molar-refractivity contribution >= 4 is 42.6 Å². The van der Waals surface area contributed by atoms with Crippen molar-refractivity contribution in [2.24, 2.45) is 0 Å². The SMILES string of the molecule is Brc1ccc2c(c1)C1(c3ccccc3-c3ccccc31)c1c3c(c4ccccc4c1-2)-c1ccc(Br)cc1C31c2ccccc2-c2ccccc21. The highest BCUT2D eigenvalue weighted by Gasteiger charge is 2.60. The van der Waals surface area contributed by atoms with Crippen LogP contribution in [0.3, 0.4) is 0 Å². The van der Waals surface area contributed by atoms with Gasteiger partial charge in [-0.25, -0.2) is 0 Å². The van der Waals surface area contributed by atoms with Crippen molar-refractivity contribution in [1.82, 2.24) is 0 Å². The van der Waals surface area contributed by atoms with Gasteiger partial charge < -0.3 is 0 Å². The number of rotatable bonds is 0. The molecule has 4 aliphatic rings. The zero-order valence-electron chi connectivity index (χ0n) is 26.8. The van der Waals surface area contributed by atoms with Gasteiger partial charge in [0.25, 0.3) is 0 Å². The van der Waals surface area contributed by atoms with E-state index < -0.39 is 10.8 Å². The Morgan fingerprint density at radius 2 is 0.620 bits per heavy atom. The molecule has 0 saturated heterocycles. The molecule has 0 bridgehead atoms. The average molecular weight is 763 g/mol. The van der Waals surface area contributed by atoms with Crippen LogP contribution in [0.2, 0.25) is 0 Å². The zero-order valence-corrected chi connectivity index (χ0v) is 29.9. The second-order valence-electron chi connectivity index (χ2n) is 14.1. The van der Waals surface area contributed by atoms with E-state index in [0.29, 0.717) is 0 Å². The van der Waals surface area contributed by atoms with Crippen LogP contribution >= 0.6 is 31.9 Å². The predicted octanol–water partition coefficient (Wildman–Crippen LogP) is 13.1. The molecule has 0 radical (unpaired) electrons. The van der Waals surface area contributed by atoms with E-state index >= 15 is 0 Å². The first-order valence-electron chi connectivity index (χ1n) is 17.2. The molecule has 8 aromatic carbocycles. The van der Waals surface area contributed by atoms with Crippen LogP contribution in [0.25, 0.3) is 55.3 Å². The fourth-order valence-electron chi connectivity index (χ4n) is 10.7. The van der Waals surface area contributed by atoms with E-state index in [0.717, 1.165) is 8.95 Å².